The van der Waals surface area contributed by atoms with Crippen molar-refractivity contribution >= 4 is 5.97 Å². The van der Waals surface area contributed by atoms with Gasteiger partial charge in [-0.3, -0.25) is 4.79 Å². The molecule has 0 aliphatic carbocycles. The zero-order valence-electron chi connectivity index (χ0n) is 24.1. The molecule has 0 radical (unpaired) electrons. The fourth-order valence-corrected chi connectivity index (χ4v) is 5.94. The van der Waals surface area contributed by atoms with Gasteiger partial charge in [0.1, 0.15) is 0 Å². The predicted octanol–water partition coefficient (Wildman–Crippen LogP) is 11.5. The molecule has 34 heavy (non-hydrogen) atoms. The van der Waals surface area contributed by atoms with Crippen molar-refractivity contribution in [3.05, 3.63) is 0 Å². The summed E-state index contributed by atoms with van der Waals surface area (Å²) < 4.78 is 0. The highest BCUT2D eigenvalue weighted by Gasteiger charge is 2.43. The number of carboxylic acids is 1. The number of unbranched alkanes of at least 4 members (excludes halogenated alkanes) is 18. The molecule has 0 aliphatic heterocycles. The molecule has 2 heteroatoms. The highest BCUT2D eigenvalue weighted by molar-refractivity contribution is 5.75. The van der Waals surface area contributed by atoms with Crippen LogP contribution in [-0.2, 0) is 4.79 Å². The number of hydrogen-bond donors (Lipinski definition) is 1. The van der Waals surface area contributed by atoms with Crippen molar-refractivity contribution in [3.8, 4) is 0 Å². The molecule has 0 aromatic carbocycles. The van der Waals surface area contributed by atoms with Crippen LogP contribution in [0.3, 0.4) is 0 Å². The normalized spacial score (nSPS) is 14.2. The molecule has 1 N–H and O–H groups in total. The molecule has 0 rings (SSSR count). The van der Waals surface area contributed by atoms with Gasteiger partial charge in [-0.2, -0.15) is 0 Å². The van der Waals surface area contributed by atoms with E-state index in [0.29, 0.717) is 5.92 Å². The van der Waals surface area contributed by atoms with Gasteiger partial charge >= 0.3 is 5.97 Å². The first kappa shape index (κ1) is 33.5. The van der Waals surface area contributed by atoms with E-state index in [1.165, 1.54) is 122 Å². The van der Waals surface area contributed by atoms with E-state index in [1.54, 1.807) is 0 Å². The van der Waals surface area contributed by atoms with Crippen LogP contribution in [0.5, 0.6) is 0 Å². The maximum Gasteiger partial charge on any atom is 0.309 e. The van der Waals surface area contributed by atoms with E-state index in [-0.39, 0.29) is 0 Å². The van der Waals surface area contributed by atoms with Crippen molar-refractivity contribution in [1.82, 2.24) is 0 Å². The summed E-state index contributed by atoms with van der Waals surface area (Å²) in [6, 6.07) is 0. The molecule has 0 aliphatic rings. The minimum atomic E-state index is -0.493. The third-order valence-corrected chi connectivity index (χ3v) is 8.31. The predicted molar refractivity (Wildman–Crippen MR) is 152 cm³/mol. The first-order valence-corrected chi connectivity index (χ1v) is 15.8. The number of carbonyl (C=O) groups is 1. The molecule has 0 spiro atoms. The highest BCUT2D eigenvalue weighted by Crippen LogP contribution is 2.44. The van der Waals surface area contributed by atoms with Gasteiger partial charge in [0.25, 0.3) is 0 Å². The average molecular weight is 481 g/mol. The standard InChI is InChI=1S/C32H64O2/c1-5-9-12-15-17-18-19-20-21-22-24-27-30(8-4)32(31(33)34,28-25-14-11-7-3)29-26-23-16-13-10-6-2/h30H,5-29H2,1-4H3,(H,33,34). The van der Waals surface area contributed by atoms with E-state index < -0.39 is 11.4 Å². The van der Waals surface area contributed by atoms with Gasteiger partial charge < -0.3 is 5.11 Å². The summed E-state index contributed by atoms with van der Waals surface area (Å²) in [5.41, 5.74) is -0.480. The molecule has 0 aromatic rings. The molecule has 204 valence electrons. The third kappa shape index (κ3) is 16.2. The fraction of sp³-hybridized carbons (Fsp3) is 0.969. The fourth-order valence-electron chi connectivity index (χ4n) is 5.94. The van der Waals surface area contributed by atoms with Gasteiger partial charge in [-0.25, -0.2) is 0 Å². The van der Waals surface area contributed by atoms with Crippen LogP contribution in [0.25, 0.3) is 0 Å². The number of carboxylic acid groups (broad SMARTS) is 1. The van der Waals surface area contributed by atoms with Crippen LogP contribution in [-0.4, -0.2) is 11.1 Å². The molecule has 0 amide bonds. The van der Waals surface area contributed by atoms with Crippen molar-refractivity contribution in [1.29, 1.82) is 0 Å². The minimum Gasteiger partial charge on any atom is -0.481 e. The monoisotopic (exact) mass is 480 g/mol. The van der Waals surface area contributed by atoms with Crippen molar-refractivity contribution in [2.75, 3.05) is 0 Å². The smallest absolute Gasteiger partial charge is 0.309 e. The minimum absolute atomic E-state index is 0.348. The molecule has 0 heterocycles. The Kier molecular flexibility index (Phi) is 23.8. The maximum atomic E-state index is 12.8. The van der Waals surface area contributed by atoms with Gasteiger partial charge in [0, 0.05) is 0 Å². The van der Waals surface area contributed by atoms with Gasteiger partial charge in [-0.05, 0) is 25.2 Å². The Morgan fingerprint density at radius 2 is 0.853 bits per heavy atom. The molecule has 0 aromatic heterocycles. The van der Waals surface area contributed by atoms with E-state index in [2.05, 4.69) is 27.7 Å². The lowest BCUT2D eigenvalue weighted by atomic mass is 9.65. The average Bonchev–Trinajstić information content (AvgIpc) is 2.83. The van der Waals surface area contributed by atoms with Crippen LogP contribution < -0.4 is 0 Å². The summed E-state index contributed by atoms with van der Waals surface area (Å²) in [6.07, 6.45) is 31.1. The van der Waals surface area contributed by atoms with Crippen molar-refractivity contribution in [2.45, 2.75) is 188 Å². The van der Waals surface area contributed by atoms with E-state index in [9.17, 15) is 9.90 Å². The van der Waals surface area contributed by atoms with Gasteiger partial charge in [-0.15, -0.1) is 0 Å². The van der Waals surface area contributed by atoms with Gasteiger partial charge in [0.15, 0.2) is 0 Å². The summed E-state index contributed by atoms with van der Waals surface area (Å²) >= 11 is 0. The Balaban J connectivity index is 4.58. The van der Waals surface area contributed by atoms with E-state index in [1.807, 2.05) is 0 Å². The molecule has 0 saturated heterocycles. The van der Waals surface area contributed by atoms with E-state index in [0.717, 1.165) is 38.5 Å². The Labute approximate surface area is 215 Å². The molecule has 0 fully saturated rings. The number of rotatable bonds is 27. The van der Waals surface area contributed by atoms with E-state index >= 15 is 0 Å². The van der Waals surface area contributed by atoms with Crippen LogP contribution >= 0.6 is 0 Å². The lowest BCUT2D eigenvalue weighted by Gasteiger charge is -2.38. The molecule has 2 atom stereocenters. The molecular weight excluding hydrogens is 416 g/mol. The van der Waals surface area contributed by atoms with Crippen LogP contribution in [0.2, 0.25) is 0 Å². The van der Waals surface area contributed by atoms with Gasteiger partial charge in [-0.1, -0.05) is 169 Å². The Morgan fingerprint density at radius 1 is 0.529 bits per heavy atom. The van der Waals surface area contributed by atoms with Crippen LogP contribution in [0.1, 0.15) is 188 Å². The zero-order chi connectivity index (χ0) is 25.3. The Morgan fingerprint density at radius 3 is 1.21 bits per heavy atom. The topological polar surface area (TPSA) is 37.3 Å². The Bertz CT molecular complexity index is 433. The summed E-state index contributed by atoms with van der Waals surface area (Å²) in [7, 11) is 0. The second-order valence-corrected chi connectivity index (χ2v) is 11.2. The van der Waals surface area contributed by atoms with Crippen LogP contribution in [0.15, 0.2) is 0 Å². The first-order chi connectivity index (χ1) is 16.6. The molecule has 0 bridgehead atoms. The third-order valence-electron chi connectivity index (χ3n) is 8.31. The summed E-state index contributed by atoms with van der Waals surface area (Å²) in [6.45, 7) is 9.02. The second-order valence-electron chi connectivity index (χ2n) is 11.2. The van der Waals surface area contributed by atoms with Crippen molar-refractivity contribution in [3.63, 3.8) is 0 Å². The molecule has 0 saturated carbocycles. The zero-order valence-corrected chi connectivity index (χ0v) is 24.1. The van der Waals surface area contributed by atoms with E-state index in [4.69, 9.17) is 0 Å². The molecule has 2 nitrogen and oxygen atoms in total. The van der Waals surface area contributed by atoms with Crippen LogP contribution in [0, 0.1) is 11.3 Å². The largest absolute Gasteiger partial charge is 0.481 e. The van der Waals surface area contributed by atoms with Crippen molar-refractivity contribution in [2.24, 2.45) is 11.3 Å². The number of aliphatic carboxylic acids is 1. The second kappa shape index (κ2) is 24.2. The summed E-state index contributed by atoms with van der Waals surface area (Å²) in [5, 5.41) is 10.5. The SMILES string of the molecule is CCCCCCCCCCCCCC(CC)C(CCCCCC)(CCCCCCCC)C(=O)O. The van der Waals surface area contributed by atoms with Crippen LogP contribution in [0.4, 0.5) is 0 Å². The summed E-state index contributed by atoms with van der Waals surface area (Å²) in [4.78, 5) is 12.8. The molecule has 2 unspecified atom stereocenters. The Hall–Kier alpha value is -0.530. The highest BCUT2D eigenvalue weighted by atomic mass is 16.4. The van der Waals surface area contributed by atoms with Gasteiger partial charge in [0.05, 0.1) is 5.41 Å². The van der Waals surface area contributed by atoms with Crippen molar-refractivity contribution < 1.29 is 9.90 Å². The quantitative estimate of drug-likeness (QED) is 0.119. The first-order valence-electron chi connectivity index (χ1n) is 15.8. The lowest BCUT2D eigenvalue weighted by Crippen LogP contribution is -2.39. The van der Waals surface area contributed by atoms with Gasteiger partial charge in [0.2, 0.25) is 0 Å². The number of hydrogen-bond acceptors (Lipinski definition) is 1. The molecular formula is C32H64O2. The maximum absolute atomic E-state index is 12.8. The lowest BCUT2D eigenvalue weighted by molar-refractivity contribution is -0.155. The summed E-state index contributed by atoms with van der Waals surface area (Å²) in [5.74, 6) is -0.145.